The number of thiol groups is 1. The molecule has 1 rings (SSSR count). The van der Waals surface area contributed by atoms with Gasteiger partial charge in [0.05, 0.1) is 32.3 Å². The highest BCUT2D eigenvalue weighted by atomic mass is 32.1. The van der Waals surface area contributed by atoms with Crippen LogP contribution in [0.5, 0.6) is 17.2 Å². The number of rotatable bonds is 5. The van der Waals surface area contributed by atoms with Gasteiger partial charge >= 0.3 is 0 Å². The van der Waals surface area contributed by atoms with Gasteiger partial charge in [0.1, 0.15) is 17.2 Å². The van der Waals surface area contributed by atoms with Gasteiger partial charge in [0, 0.05) is 12.1 Å². The van der Waals surface area contributed by atoms with Crippen molar-refractivity contribution in [3.8, 4) is 17.2 Å². The molecule has 1 unspecified atom stereocenters. The second kappa shape index (κ2) is 5.86. The Bertz CT molecular complexity index is 332. The average molecular weight is 243 g/mol. The molecule has 0 saturated heterocycles. The van der Waals surface area contributed by atoms with Gasteiger partial charge in [-0.2, -0.15) is 12.6 Å². The van der Waals surface area contributed by atoms with Gasteiger partial charge in [-0.05, 0) is 7.05 Å². The minimum atomic E-state index is -0.157. The summed E-state index contributed by atoms with van der Waals surface area (Å²) < 4.78 is 15.8. The molecule has 90 valence electrons. The number of benzene rings is 1. The van der Waals surface area contributed by atoms with Crippen LogP contribution >= 0.6 is 12.6 Å². The van der Waals surface area contributed by atoms with Crippen LogP contribution < -0.4 is 19.5 Å². The maximum Gasteiger partial charge on any atom is 0.131 e. The second-order valence-corrected chi connectivity index (χ2v) is 3.65. The Hall–Kier alpha value is -1.07. The Labute approximate surface area is 101 Å². The fourth-order valence-corrected chi connectivity index (χ4v) is 1.70. The summed E-state index contributed by atoms with van der Waals surface area (Å²) >= 11 is 4.42. The Morgan fingerprint density at radius 1 is 1.06 bits per heavy atom. The Balaban J connectivity index is 3.31. The molecule has 0 bridgehead atoms. The molecule has 1 aromatic rings. The van der Waals surface area contributed by atoms with Crippen molar-refractivity contribution in [2.45, 2.75) is 5.37 Å². The van der Waals surface area contributed by atoms with Crippen molar-refractivity contribution in [2.24, 2.45) is 0 Å². The van der Waals surface area contributed by atoms with Crippen LogP contribution in [0.1, 0.15) is 10.9 Å². The molecule has 0 aliphatic rings. The minimum absolute atomic E-state index is 0.157. The van der Waals surface area contributed by atoms with E-state index in [0.29, 0.717) is 17.2 Å². The topological polar surface area (TPSA) is 39.7 Å². The second-order valence-electron chi connectivity index (χ2n) is 3.14. The van der Waals surface area contributed by atoms with Gasteiger partial charge in [-0.3, -0.25) is 0 Å². The molecule has 0 spiro atoms. The van der Waals surface area contributed by atoms with Crippen LogP contribution in [0.2, 0.25) is 0 Å². The molecule has 0 radical (unpaired) electrons. The van der Waals surface area contributed by atoms with Crippen molar-refractivity contribution in [1.29, 1.82) is 0 Å². The minimum Gasteiger partial charge on any atom is -0.496 e. The molecule has 0 heterocycles. The van der Waals surface area contributed by atoms with Gasteiger partial charge in [0.2, 0.25) is 0 Å². The van der Waals surface area contributed by atoms with Gasteiger partial charge in [0.15, 0.2) is 0 Å². The predicted molar refractivity (Wildman–Crippen MR) is 66.9 cm³/mol. The van der Waals surface area contributed by atoms with Crippen molar-refractivity contribution < 1.29 is 14.2 Å². The maximum atomic E-state index is 5.30. The van der Waals surface area contributed by atoms with E-state index < -0.39 is 0 Å². The first-order valence-corrected chi connectivity index (χ1v) is 5.34. The van der Waals surface area contributed by atoms with Crippen molar-refractivity contribution in [3.05, 3.63) is 17.7 Å². The van der Waals surface area contributed by atoms with Crippen molar-refractivity contribution in [1.82, 2.24) is 5.32 Å². The van der Waals surface area contributed by atoms with Crippen LogP contribution in [0.4, 0.5) is 0 Å². The Morgan fingerprint density at radius 2 is 1.56 bits per heavy atom. The van der Waals surface area contributed by atoms with E-state index in [-0.39, 0.29) is 5.37 Å². The Morgan fingerprint density at radius 3 is 1.88 bits per heavy atom. The average Bonchev–Trinajstić information content (AvgIpc) is 2.35. The lowest BCUT2D eigenvalue weighted by Crippen LogP contribution is -2.12. The van der Waals surface area contributed by atoms with Gasteiger partial charge in [0.25, 0.3) is 0 Å². The van der Waals surface area contributed by atoms with E-state index in [1.807, 2.05) is 7.05 Å². The highest BCUT2D eigenvalue weighted by Crippen LogP contribution is 2.39. The summed E-state index contributed by atoms with van der Waals surface area (Å²) in [6.07, 6.45) is 0. The molecule has 0 aliphatic carbocycles. The van der Waals surface area contributed by atoms with Crippen LogP contribution in [-0.4, -0.2) is 28.4 Å². The van der Waals surface area contributed by atoms with Gasteiger partial charge < -0.3 is 19.5 Å². The third-order valence-electron chi connectivity index (χ3n) is 2.30. The monoisotopic (exact) mass is 243 g/mol. The van der Waals surface area contributed by atoms with Gasteiger partial charge in [-0.25, -0.2) is 0 Å². The normalized spacial score (nSPS) is 12.1. The molecule has 0 aromatic heterocycles. The zero-order chi connectivity index (χ0) is 12.1. The van der Waals surface area contributed by atoms with Crippen LogP contribution in [-0.2, 0) is 0 Å². The molecule has 4 nitrogen and oxygen atoms in total. The molecule has 0 amide bonds. The van der Waals surface area contributed by atoms with Crippen molar-refractivity contribution in [2.75, 3.05) is 28.4 Å². The summed E-state index contributed by atoms with van der Waals surface area (Å²) in [6, 6.07) is 3.61. The number of methoxy groups -OCH3 is 3. The van der Waals surface area contributed by atoms with Crippen LogP contribution in [0.25, 0.3) is 0 Å². The molecular weight excluding hydrogens is 226 g/mol. The zero-order valence-corrected chi connectivity index (χ0v) is 10.8. The smallest absolute Gasteiger partial charge is 0.131 e. The van der Waals surface area contributed by atoms with E-state index in [1.54, 1.807) is 33.5 Å². The van der Waals surface area contributed by atoms with Crippen molar-refractivity contribution >= 4 is 12.6 Å². The summed E-state index contributed by atoms with van der Waals surface area (Å²) in [4.78, 5) is 0. The maximum absolute atomic E-state index is 5.30. The molecule has 1 aromatic carbocycles. The lowest BCUT2D eigenvalue weighted by molar-refractivity contribution is 0.367. The third-order valence-corrected chi connectivity index (χ3v) is 2.82. The Kier molecular flexibility index (Phi) is 4.76. The number of hydrogen-bond acceptors (Lipinski definition) is 5. The van der Waals surface area contributed by atoms with Crippen LogP contribution in [0.3, 0.4) is 0 Å². The lowest BCUT2D eigenvalue weighted by atomic mass is 10.1. The van der Waals surface area contributed by atoms with E-state index in [4.69, 9.17) is 14.2 Å². The predicted octanol–water partition coefficient (Wildman–Crippen LogP) is 1.86. The number of hydrogen-bond donors (Lipinski definition) is 2. The summed E-state index contributed by atoms with van der Waals surface area (Å²) in [6.45, 7) is 0. The zero-order valence-electron chi connectivity index (χ0n) is 9.90. The SMILES string of the molecule is CNC(S)c1c(OC)cc(OC)cc1OC. The highest BCUT2D eigenvalue weighted by molar-refractivity contribution is 7.80. The molecular formula is C11H17NO3S. The van der Waals surface area contributed by atoms with E-state index in [9.17, 15) is 0 Å². The van der Waals surface area contributed by atoms with Gasteiger partial charge in [-0.15, -0.1) is 0 Å². The van der Waals surface area contributed by atoms with E-state index in [2.05, 4.69) is 17.9 Å². The molecule has 5 heteroatoms. The summed E-state index contributed by atoms with van der Waals surface area (Å²) in [5, 5.41) is 2.87. The summed E-state index contributed by atoms with van der Waals surface area (Å²) in [7, 11) is 6.63. The van der Waals surface area contributed by atoms with E-state index in [1.165, 1.54) is 0 Å². The number of nitrogens with one attached hydrogen (secondary N) is 1. The van der Waals surface area contributed by atoms with Crippen LogP contribution in [0.15, 0.2) is 12.1 Å². The first-order chi connectivity index (χ1) is 7.67. The lowest BCUT2D eigenvalue weighted by Gasteiger charge is -2.18. The van der Waals surface area contributed by atoms with Crippen LogP contribution in [0, 0.1) is 0 Å². The molecule has 1 N–H and O–H groups in total. The van der Waals surface area contributed by atoms with E-state index >= 15 is 0 Å². The molecule has 16 heavy (non-hydrogen) atoms. The molecule has 0 saturated carbocycles. The number of ether oxygens (including phenoxy) is 3. The first kappa shape index (κ1) is 13.0. The quantitative estimate of drug-likeness (QED) is 0.611. The van der Waals surface area contributed by atoms with Crippen molar-refractivity contribution in [3.63, 3.8) is 0 Å². The van der Waals surface area contributed by atoms with E-state index in [0.717, 1.165) is 5.56 Å². The standard InChI is InChI=1S/C11H17NO3S/c1-12-11(16)10-8(14-3)5-7(13-2)6-9(10)15-4/h5-6,11-12,16H,1-4H3. The summed E-state index contributed by atoms with van der Waals surface area (Å²) in [5.41, 5.74) is 0.858. The third kappa shape index (κ3) is 2.54. The summed E-state index contributed by atoms with van der Waals surface area (Å²) in [5.74, 6) is 2.06. The fourth-order valence-electron chi connectivity index (χ4n) is 1.45. The largest absolute Gasteiger partial charge is 0.496 e. The van der Waals surface area contributed by atoms with Gasteiger partial charge in [-0.1, -0.05) is 0 Å². The molecule has 0 fully saturated rings. The molecule has 0 aliphatic heterocycles. The highest BCUT2D eigenvalue weighted by Gasteiger charge is 2.18. The molecule has 1 atom stereocenters. The fraction of sp³-hybridized carbons (Fsp3) is 0.455. The first-order valence-electron chi connectivity index (χ1n) is 4.83.